The van der Waals surface area contributed by atoms with Crippen molar-refractivity contribution in [3.63, 3.8) is 0 Å². The first kappa shape index (κ1) is 15.5. The van der Waals surface area contributed by atoms with Crippen LogP contribution in [0.25, 0.3) is 6.08 Å². The van der Waals surface area contributed by atoms with Crippen molar-refractivity contribution in [2.75, 3.05) is 0 Å². The second kappa shape index (κ2) is 8.61. The Morgan fingerprint density at radius 3 is 2.15 bits per heavy atom. The van der Waals surface area contributed by atoms with E-state index in [0.29, 0.717) is 0 Å². The van der Waals surface area contributed by atoms with Crippen molar-refractivity contribution >= 4 is 29.1 Å². The van der Waals surface area contributed by atoms with Crippen molar-refractivity contribution in [1.29, 1.82) is 0 Å². The van der Waals surface area contributed by atoms with E-state index in [2.05, 4.69) is 37.8 Å². The minimum atomic E-state index is 0. The average molecular weight is 205 g/mol. The molecule has 0 heterocycles. The Hall–Kier alpha value is 0.0162. The van der Waals surface area contributed by atoms with Crippen LogP contribution < -0.4 is 12.4 Å². The van der Waals surface area contributed by atoms with E-state index in [1.54, 1.807) is 0 Å². The summed E-state index contributed by atoms with van der Waals surface area (Å²) < 4.78 is 0. The van der Waals surface area contributed by atoms with Gasteiger partial charge in [0.2, 0.25) is 0 Å². The van der Waals surface area contributed by atoms with Gasteiger partial charge in [0.05, 0.1) is 0 Å². The zero-order valence-electron chi connectivity index (χ0n) is 7.80. The van der Waals surface area contributed by atoms with Gasteiger partial charge in [0.15, 0.2) is 0 Å². The molecule has 0 unspecified atom stereocenters. The summed E-state index contributed by atoms with van der Waals surface area (Å²) >= 11 is 0. The summed E-state index contributed by atoms with van der Waals surface area (Å²) in [7, 11) is 0. The van der Waals surface area contributed by atoms with Crippen molar-refractivity contribution in [3.05, 3.63) is 48.9 Å². The van der Waals surface area contributed by atoms with Crippen molar-refractivity contribution < 1.29 is 12.4 Å². The maximum Gasteiger partial charge on any atom is 2.00 e. The van der Waals surface area contributed by atoms with Crippen LogP contribution in [0.5, 0.6) is 0 Å². The SMILES string of the molecule is C=Cc1ccc(CC[CH2-])cc1.[Cl-].[Mg+2]. The van der Waals surface area contributed by atoms with Crippen molar-refractivity contribution in [3.8, 4) is 0 Å². The van der Waals surface area contributed by atoms with Gasteiger partial charge in [-0.05, 0) is 5.56 Å². The fraction of sp³-hybridized carbons (Fsp3) is 0.182. The van der Waals surface area contributed by atoms with Crippen LogP contribution in [0.3, 0.4) is 0 Å². The molecule has 0 aliphatic rings. The molecule has 0 radical (unpaired) electrons. The maximum atomic E-state index is 3.80. The van der Waals surface area contributed by atoms with Crippen LogP contribution in [0, 0.1) is 6.92 Å². The van der Waals surface area contributed by atoms with E-state index in [9.17, 15) is 0 Å². The first-order valence-corrected chi connectivity index (χ1v) is 3.87. The Balaban J connectivity index is 0. The summed E-state index contributed by atoms with van der Waals surface area (Å²) in [6, 6.07) is 8.42. The summed E-state index contributed by atoms with van der Waals surface area (Å²) in [5.41, 5.74) is 2.53. The molecule has 66 valence electrons. The molecule has 0 saturated carbocycles. The van der Waals surface area contributed by atoms with Gasteiger partial charge in [0.25, 0.3) is 0 Å². The van der Waals surface area contributed by atoms with Gasteiger partial charge in [-0.1, -0.05) is 48.9 Å². The van der Waals surface area contributed by atoms with Crippen LogP contribution in [-0.4, -0.2) is 23.1 Å². The molecular formula is C11H13ClMg. The summed E-state index contributed by atoms with van der Waals surface area (Å²) in [5, 5.41) is 0. The second-order valence-corrected chi connectivity index (χ2v) is 2.55. The molecule has 0 saturated heterocycles. The molecule has 0 nitrogen and oxygen atoms in total. The molecule has 2 heteroatoms. The fourth-order valence-electron chi connectivity index (χ4n) is 1.02. The van der Waals surface area contributed by atoms with Crippen molar-refractivity contribution in [1.82, 2.24) is 0 Å². The predicted molar refractivity (Wildman–Crippen MR) is 56.0 cm³/mol. The largest absolute Gasteiger partial charge is 2.00 e. The van der Waals surface area contributed by atoms with Gasteiger partial charge in [0, 0.05) is 0 Å². The fourth-order valence-corrected chi connectivity index (χ4v) is 1.02. The van der Waals surface area contributed by atoms with E-state index in [1.807, 2.05) is 6.08 Å². The topological polar surface area (TPSA) is 0 Å². The van der Waals surface area contributed by atoms with Crippen LogP contribution >= 0.6 is 0 Å². The van der Waals surface area contributed by atoms with Gasteiger partial charge >= 0.3 is 23.1 Å². The molecule has 0 aliphatic carbocycles. The number of hydrogen-bond donors (Lipinski definition) is 0. The number of aryl methyl sites for hydroxylation is 1. The first-order chi connectivity index (χ1) is 5.36. The Morgan fingerprint density at radius 2 is 1.77 bits per heavy atom. The smallest absolute Gasteiger partial charge is 1.00 e. The van der Waals surface area contributed by atoms with Crippen LogP contribution in [0.1, 0.15) is 17.5 Å². The Kier molecular flexibility index (Phi) is 10.3. The molecule has 1 aromatic carbocycles. The van der Waals surface area contributed by atoms with E-state index < -0.39 is 0 Å². The molecule has 0 spiro atoms. The van der Waals surface area contributed by atoms with Crippen molar-refractivity contribution in [2.45, 2.75) is 12.8 Å². The molecule has 0 aliphatic heterocycles. The van der Waals surface area contributed by atoms with Gasteiger partial charge in [0.1, 0.15) is 0 Å². The normalized spacial score (nSPS) is 8.08. The number of benzene rings is 1. The predicted octanol–water partition coefficient (Wildman–Crippen LogP) is -0.281. The Morgan fingerprint density at radius 1 is 1.23 bits per heavy atom. The zero-order valence-corrected chi connectivity index (χ0v) is 9.97. The van der Waals surface area contributed by atoms with Gasteiger partial charge < -0.3 is 19.3 Å². The van der Waals surface area contributed by atoms with Crippen LogP contribution in [-0.2, 0) is 6.42 Å². The molecule has 1 aromatic rings. The molecular weight excluding hydrogens is 192 g/mol. The average Bonchev–Trinajstić information content (AvgIpc) is 2.07. The number of hydrogen-bond acceptors (Lipinski definition) is 0. The third-order valence-corrected chi connectivity index (χ3v) is 1.68. The molecule has 0 N–H and O–H groups in total. The molecule has 0 atom stereocenters. The molecule has 13 heavy (non-hydrogen) atoms. The van der Waals surface area contributed by atoms with E-state index in [4.69, 9.17) is 0 Å². The summed E-state index contributed by atoms with van der Waals surface area (Å²) in [6.07, 6.45) is 3.89. The summed E-state index contributed by atoms with van der Waals surface area (Å²) in [6.45, 7) is 7.50. The zero-order chi connectivity index (χ0) is 8.10. The van der Waals surface area contributed by atoms with Gasteiger partial charge in [-0.2, -0.15) is 6.42 Å². The van der Waals surface area contributed by atoms with E-state index in [-0.39, 0.29) is 35.5 Å². The standard InChI is InChI=1S/C11H13.ClH.Mg/c1-3-5-11-8-6-10(4-2)7-9-11;;/h4,6-9H,1-3,5H2;1H;/q-1;;+2/p-1. The monoisotopic (exact) mass is 204 g/mol. The minimum Gasteiger partial charge on any atom is -1.00 e. The number of rotatable bonds is 3. The third kappa shape index (κ3) is 5.35. The van der Waals surface area contributed by atoms with Crippen LogP contribution in [0.4, 0.5) is 0 Å². The Labute approximate surface area is 103 Å². The van der Waals surface area contributed by atoms with Gasteiger partial charge in [-0.3, -0.25) is 0 Å². The van der Waals surface area contributed by atoms with Gasteiger partial charge in [-0.15, -0.1) is 0 Å². The maximum absolute atomic E-state index is 3.80. The number of halogens is 1. The van der Waals surface area contributed by atoms with E-state index >= 15 is 0 Å². The molecule has 0 amide bonds. The van der Waals surface area contributed by atoms with Crippen LogP contribution in [0.15, 0.2) is 30.8 Å². The van der Waals surface area contributed by atoms with Gasteiger partial charge in [-0.25, -0.2) is 0 Å². The quantitative estimate of drug-likeness (QED) is 0.470. The summed E-state index contributed by atoms with van der Waals surface area (Å²) in [4.78, 5) is 0. The first-order valence-electron chi connectivity index (χ1n) is 3.87. The summed E-state index contributed by atoms with van der Waals surface area (Å²) in [5.74, 6) is 0. The molecule has 0 aromatic heterocycles. The van der Waals surface area contributed by atoms with E-state index in [1.165, 1.54) is 11.1 Å². The molecule has 0 fully saturated rings. The molecule has 0 bridgehead atoms. The van der Waals surface area contributed by atoms with E-state index in [0.717, 1.165) is 12.8 Å². The molecule has 1 rings (SSSR count). The van der Waals surface area contributed by atoms with Crippen LogP contribution in [0.2, 0.25) is 0 Å². The van der Waals surface area contributed by atoms with Crippen molar-refractivity contribution in [2.24, 2.45) is 0 Å². The third-order valence-electron chi connectivity index (χ3n) is 1.68. The second-order valence-electron chi connectivity index (χ2n) is 2.55. The minimum absolute atomic E-state index is 0. The Bertz CT molecular complexity index is 228.